The summed E-state index contributed by atoms with van der Waals surface area (Å²) >= 11 is 6.20. The number of carbonyl (C=O) groups is 1. The average molecular weight is 422 g/mol. The van der Waals surface area contributed by atoms with Gasteiger partial charge in [0.1, 0.15) is 11.6 Å². The molecule has 3 heterocycles. The summed E-state index contributed by atoms with van der Waals surface area (Å²) in [5.41, 5.74) is 2.44. The molecule has 0 radical (unpaired) electrons. The summed E-state index contributed by atoms with van der Waals surface area (Å²) < 4.78 is 1.65. The molecule has 0 aliphatic carbocycles. The van der Waals surface area contributed by atoms with Gasteiger partial charge < -0.3 is 10.6 Å². The Labute approximate surface area is 178 Å². The van der Waals surface area contributed by atoms with Crippen LogP contribution < -0.4 is 10.6 Å². The number of hydrogen-bond acceptors (Lipinski definition) is 6. The molecular weight excluding hydrogens is 402 g/mol. The zero-order chi connectivity index (χ0) is 20.9. The maximum absolute atomic E-state index is 12.3. The molecule has 0 saturated heterocycles. The molecule has 0 bridgehead atoms. The van der Waals surface area contributed by atoms with Crippen LogP contribution in [-0.4, -0.2) is 30.7 Å². The SMILES string of the molecule is Cc1cccc(NC(=O)CCc2nnc3ccc(NCc4ccccc4Cl)nn23)n1. The summed E-state index contributed by atoms with van der Waals surface area (Å²) in [6.07, 6.45) is 0.648. The van der Waals surface area contributed by atoms with E-state index in [9.17, 15) is 4.79 Å². The molecule has 1 aromatic carbocycles. The molecule has 0 aliphatic heterocycles. The van der Waals surface area contributed by atoms with Gasteiger partial charge in [0.2, 0.25) is 5.91 Å². The summed E-state index contributed by atoms with van der Waals surface area (Å²) in [5.74, 6) is 1.67. The lowest BCUT2D eigenvalue weighted by Crippen LogP contribution is -2.14. The minimum atomic E-state index is -0.141. The van der Waals surface area contributed by atoms with E-state index in [2.05, 4.69) is 30.9 Å². The number of pyridine rings is 1. The van der Waals surface area contributed by atoms with Gasteiger partial charge >= 0.3 is 0 Å². The molecule has 9 heteroatoms. The van der Waals surface area contributed by atoms with E-state index in [4.69, 9.17) is 11.6 Å². The smallest absolute Gasteiger partial charge is 0.225 e. The summed E-state index contributed by atoms with van der Waals surface area (Å²) in [4.78, 5) is 16.5. The second-order valence-electron chi connectivity index (χ2n) is 6.76. The first-order chi connectivity index (χ1) is 14.6. The lowest BCUT2D eigenvalue weighted by atomic mass is 10.2. The van der Waals surface area contributed by atoms with E-state index in [1.165, 1.54) is 0 Å². The van der Waals surface area contributed by atoms with Crippen LogP contribution in [0.2, 0.25) is 5.02 Å². The molecule has 0 saturated carbocycles. The zero-order valence-corrected chi connectivity index (χ0v) is 17.1. The van der Waals surface area contributed by atoms with Crippen molar-refractivity contribution in [1.29, 1.82) is 0 Å². The molecule has 0 aliphatic rings. The van der Waals surface area contributed by atoms with Crippen molar-refractivity contribution in [3.05, 3.63) is 76.7 Å². The molecule has 0 atom stereocenters. The Morgan fingerprint density at radius 2 is 1.90 bits per heavy atom. The van der Waals surface area contributed by atoms with Gasteiger partial charge in [-0.15, -0.1) is 15.3 Å². The Morgan fingerprint density at radius 1 is 1.03 bits per heavy atom. The lowest BCUT2D eigenvalue weighted by molar-refractivity contribution is -0.116. The van der Waals surface area contributed by atoms with Crippen LogP contribution in [0.25, 0.3) is 5.65 Å². The highest BCUT2D eigenvalue weighted by Crippen LogP contribution is 2.17. The number of hydrogen-bond donors (Lipinski definition) is 2. The zero-order valence-electron chi connectivity index (χ0n) is 16.3. The fourth-order valence-electron chi connectivity index (χ4n) is 2.95. The van der Waals surface area contributed by atoms with Crippen LogP contribution in [0.15, 0.2) is 54.6 Å². The van der Waals surface area contributed by atoms with Crippen molar-refractivity contribution < 1.29 is 4.79 Å². The van der Waals surface area contributed by atoms with Crippen LogP contribution in [0.5, 0.6) is 0 Å². The maximum atomic E-state index is 12.3. The number of nitrogens with zero attached hydrogens (tertiary/aromatic N) is 5. The molecule has 0 fully saturated rings. The number of benzene rings is 1. The van der Waals surface area contributed by atoms with Gasteiger partial charge in [0.15, 0.2) is 11.5 Å². The molecule has 0 unspecified atom stereocenters. The second-order valence-corrected chi connectivity index (χ2v) is 7.17. The maximum Gasteiger partial charge on any atom is 0.225 e. The van der Waals surface area contributed by atoms with E-state index in [0.717, 1.165) is 11.3 Å². The van der Waals surface area contributed by atoms with E-state index in [-0.39, 0.29) is 12.3 Å². The first kappa shape index (κ1) is 19.8. The third-order valence-electron chi connectivity index (χ3n) is 4.48. The number of halogens is 1. The summed E-state index contributed by atoms with van der Waals surface area (Å²) in [6.45, 7) is 2.42. The van der Waals surface area contributed by atoms with Crippen molar-refractivity contribution in [2.45, 2.75) is 26.3 Å². The molecule has 2 N–H and O–H groups in total. The first-order valence-electron chi connectivity index (χ1n) is 9.50. The standard InChI is InChI=1S/C21H20ClN7O/c1-14-5-4-8-18(24-14)25-21(30)12-11-20-27-26-19-10-9-17(28-29(19)20)23-13-15-6-2-3-7-16(15)22/h2-10H,11-13H2,1H3,(H,23,28)(H,24,25,30). The monoisotopic (exact) mass is 421 g/mol. The Kier molecular flexibility index (Phi) is 5.85. The van der Waals surface area contributed by atoms with E-state index in [1.807, 2.05) is 55.5 Å². The van der Waals surface area contributed by atoms with E-state index in [1.54, 1.807) is 10.6 Å². The van der Waals surface area contributed by atoms with Gasteiger partial charge in [-0.05, 0) is 42.8 Å². The summed E-state index contributed by atoms with van der Waals surface area (Å²) in [6, 6.07) is 16.8. The molecule has 4 rings (SSSR count). The predicted octanol–water partition coefficient (Wildman–Crippen LogP) is 3.66. The summed E-state index contributed by atoms with van der Waals surface area (Å²) in [5, 5.41) is 19.6. The van der Waals surface area contributed by atoms with Gasteiger partial charge in [-0.25, -0.2) is 4.98 Å². The number of aryl methyl sites for hydroxylation is 2. The van der Waals surface area contributed by atoms with Gasteiger partial charge in [-0.2, -0.15) is 4.52 Å². The number of aromatic nitrogens is 5. The third kappa shape index (κ3) is 4.72. The molecule has 1 amide bonds. The number of amides is 1. The normalized spacial score (nSPS) is 10.9. The van der Waals surface area contributed by atoms with Crippen LogP contribution in [0, 0.1) is 6.92 Å². The van der Waals surface area contributed by atoms with Crippen molar-refractivity contribution in [1.82, 2.24) is 24.8 Å². The van der Waals surface area contributed by atoms with Crippen LogP contribution in [0.1, 0.15) is 23.5 Å². The highest BCUT2D eigenvalue weighted by Gasteiger charge is 2.11. The Balaban J connectivity index is 1.41. The first-order valence-corrected chi connectivity index (χ1v) is 9.88. The summed E-state index contributed by atoms with van der Waals surface area (Å²) in [7, 11) is 0. The van der Waals surface area contributed by atoms with Crippen molar-refractivity contribution >= 4 is 34.8 Å². The predicted molar refractivity (Wildman–Crippen MR) is 115 cm³/mol. The third-order valence-corrected chi connectivity index (χ3v) is 4.85. The van der Waals surface area contributed by atoms with Gasteiger partial charge in [0, 0.05) is 30.1 Å². The number of anilines is 2. The number of fused-ring (bicyclic) bond motifs is 1. The number of nitrogens with one attached hydrogen (secondary N) is 2. The van der Waals surface area contributed by atoms with E-state index in [0.29, 0.717) is 41.1 Å². The lowest BCUT2D eigenvalue weighted by Gasteiger charge is -2.08. The molecule has 4 aromatic rings. The molecule has 0 spiro atoms. The molecular formula is C21H20ClN7O. The number of rotatable bonds is 7. The fourth-order valence-corrected chi connectivity index (χ4v) is 3.16. The largest absolute Gasteiger partial charge is 0.364 e. The van der Waals surface area contributed by atoms with Crippen molar-refractivity contribution in [3.8, 4) is 0 Å². The second kappa shape index (κ2) is 8.87. The van der Waals surface area contributed by atoms with Crippen molar-refractivity contribution in [2.75, 3.05) is 10.6 Å². The van der Waals surface area contributed by atoms with Crippen molar-refractivity contribution in [2.24, 2.45) is 0 Å². The van der Waals surface area contributed by atoms with Crippen LogP contribution in [-0.2, 0) is 17.8 Å². The minimum absolute atomic E-state index is 0.141. The van der Waals surface area contributed by atoms with E-state index < -0.39 is 0 Å². The van der Waals surface area contributed by atoms with Crippen molar-refractivity contribution in [3.63, 3.8) is 0 Å². The fraction of sp³-hybridized carbons (Fsp3) is 0.190. The van der Waals surface area contributed by atoms with Crippen LogP contribution in [0.3, 0.4) is 0 Å². The Hall–Kier alpha value is -3.52. The minimum Gasteiger partial charge on any atom is -0.364 e. The van der Waals surface area contributed by atoms with E-state index >= 15 is 0 Å². The molecule has 30 heavy (non-hydrogen) atoms. The Morgan fingerprint density at radius 3 is 2.73 bits per heavy atom. The Bertz CT molecular complexity index is 1190. The average Bonchev–Trinajstić information content (AvgIpc) is 3.14. The highest BCUT2D eigenvalue weighted by atomic mass is 35.5. The van der Waals surface area contributed by atoms with Crippen LogP contribution >= 0.6 is 11.6 Å². The topological polar surface area (TPSA) is 97.1 Å². The molecule has 3 aromatic heterocycles. The molecule has 152 valence electrons. The van der Waals surface area contributed by atoms with Gasteiger partial charge in [-0.1, -0.05) is 35.9 Å². The quantitative estimate of drug-likeness (QED) is 0.472. The van der Waals surface area contributed by atoms with Gasteiger partial charge in [0.05, 0.1) is 0 Å². The van der Waals surface area contributed by atoms with Gasteiger partial charge in [0.25, 0.3) is 0 Å². The van der Waals surface area contributed by atoms with Gasteiger partial charge in [-0.3, -0.25) is 4.79 Å². The molecule has 8 nitrogen and oxygen atoms in total. The number of carbonyl (C=O) groups excluding carboxylic acids is 1. The highest BCUT2D eigenvalue weighted by molar-refractivity contribution is 6.31. The van der Waals surface area contributed by atoms with Crippen LogP contribution in [0.4, 0.5) is 11.6 Å².